The topological polar surface area (TPSA) is 63.1 Å². The van der Waals surface area contributed by atoms with Gasteiger partial charge in [0, 0.05) is 40.1 Å². The Kier molecular flexibility index (Phi) is 5.28. The Morgan fingerprint density at radius 3 is 2.66 bits per heavy atom. The lowest BCUT2D eigenvalue weighted by molar-refractivity contribution is 0.102. The van der Waals surface area contributed by atoms with Crippen molar-refractivity contribution in [1.82, 2.24) is 19.4 Å². The van der Waals surface area contributed by atoms with Gasteiger partial charge in [-0.2, -0.15) is 0 Å². The average Bonchev–Trinajstić information content (AvgIpc) is 3.47. The normalized spacial score (nSPS) is 16.0. The van der Waals surface area contributed by atoms with Gasteiger partial charge < -0.3 is 14.8 Å². The molecule has 1 amide bonds. The van der Waals surface area contributed by atoms with E-state index in [2.05, 4.69) is 15.3 Å². The number of imidazole rings is 1. The average molecular weight is 497 g/mol. The van der Waals surface area contributed by atoms with E-state index in [-0.39, 0.29) is 28.5 Å². The second-order valence-corrected chi connectivity index (χ2v) is 9.64. The van der Waals surface area contributed by atoms with Gasteiger partial charge in [-0.25, -0.2) is 18.7 Å². The molecule has 35 heavy (non-hydrogen) atoms. The summed E-state index contributed by atoms with van der Waals surface area (Å²) in [7, 11) is 0. The fourth-order valence-electron chi connectivity index (χ4n) is 4.06. The molecule has 4 aromatic rings. The van der Waals surface area contributed by atoms with Crippen LogP contribution in [0.2, 0.25) is 0 Å². The van der Waals surface area contributed by atoms with E-state index in [1.165, 1.54) is 29.2 Å². The van der Waals surface area contributed by atoms with Crippen LogP contribution in [-0.4, -0.2) is 45.4 Å². The predicted octanol–water partition coefficient (Wildman–Crippen LogP) is 5.81. The third-order valence-electron chi connectivity index (χ3n) is 6.00. The van der Waals surface area contributed by atoms with Crippen molar-refractivity contribution in [3.8, 4) is 22.6 Å². The summed E-state index contributed by atoms with van der Waals surface area (Å²) in [6.45, 7) is 2.50. The van der Waals surface area contributed by atoms with Crippen LogP contribution in [-0.2, 0) is 0 Å². The highest BCUT2D eigenvalue weighted by molar-refractivity contribution is 7.12. The summed E-state index contributed by atoms with van der Waals surface area (Å²) in [5.74, 6) is -1.57. The summed E-state index contributed by atoms with van der Waals surface area (Å²) in [5, 5.41) is 4.47. The second kappa shape index (κ2) is 9.31. The quantitative estimate of drug-likeness (QED) is 0.366. The van der Waals surface area contributed by atoms with Gasteiger partial charge in [0.2, 0.25) is 0 Å². The maximum Gasteiger partial charge on any atom is 0.284 e. The molecule has 0 spiro atoms. The minimum absolute atomic E-state index is 0.0155. The number of likely N-dealkylation sites (N-methyl/N-ethyl adjacent to an activating group) is 1. The molecule has 0 radical (unpaired) electrons. The third kappa shape index (κ3) is 4.61. The maximum absolute atomic E-state index is 14.8. The van der Waals surface area contributed by atoms with Crippen molar-refractivity contribution >= 4 is 22.9 Å². The van der Waals surface area contributed by atoms with Gasteiger partial charge >= 0.3 is 0 Å². The molecular formula is C26H25F2N5OS. The molecule has 0 bridgehead atoms. The van der Waals surface area contributed by atoms with Gasteiger partial charge in [-0.3, -0.25) is 4.79 Å². The Morgan fingerprint density at radius 2 is 1.97 bits per heavy atom. The Morgan fingerprint density at radius 1 is 1.20 bits per heavy atom. The number of carbonyl (C=O) groups is 1. The minimum Gasteiger partial charge on any atom is -0.326 e. The molecule has 2 aromatic heterocycles. The maximum atomic E-state index is 14.8. The first-order valence-electron chi connectivity index (χ1n) is 12.7. The predicted molar refractivity (Wildman–Crippen MR) is 134 cm³/mol. The molecule has 0 aliphatic carbocycles. The SMILES string of the molecule is [2H]C([2H])([2H])N1CC(c2ccc(NC(=O)c3nc(-c4c(-c5ccc(F)cc5)ncn4C(C)C)cs3)c(F)c2)C1. The third-order valence-corrected chi connectivity index (χ3v) is 6.84. The van der Waals surface area contributed by atoms with Crippen molar-refractivity contribution < 1.29 is 17.7 Å². The number of anilines is 1. The molecular weight excluding hydrogens is 468 g/mol. The summed E-state index contributed by atoms with van der Waals surface area (Å²) in [4.78, 5) is 23.3. The number of carbonyl (C=O) groups excluding carboxylic acids is 1. The molecule has 1 N–H and O–H groups in total. The number of nitrogens with zero attached hydrogens (tertiary/aromatic N) is 4. The van der Waals surface area contributed by atoms with Gasteiger partial charge in [0.1, 0.15) is 17.3 Å². The fraction of sp³-hybridized carbons (Fsp3) is 0.269. The summed E-state index contributed by atoms with van der Waals surface area (Å²) in [6, 6.07) is 10.6. The number of rotatable bonds is 6. The van der Waals surface area contributed by atoms with E-state index < -0.39 is 18.7 Å². The van der Waals surface area contributed by atoms with Crippen LogP contribution in [0, 0.1) is 11.6 Å². The standard InChI is InChI=1S/C26H25F2N5OS/c1-15(2)33-14-29-23(16-4-7-19(27)8-5-16)24(33)22-13-35-26(31-22)25(34)30-21-9-6-17(10-20(21)28)18-11-32(3)12-18/h4-10,13-15,18H,11-12H2,1-3H3,(H,30,34)/i3D3. The van der Waals surface area contributed by atoms with E-state index in [9.17, 15) is 13.6 Å². The van der Waals surface area contributed by atoms with Crippen molar-refractivity contribution in [2.75, 3.05) is 25.4 Å². The number of aromatic nitrogens is 3. The number of hydrogen-bond acceptors (Lipinski definition) is 5. The molecule has 9 heteroatoms. The minimum atomic E-state index is -2.15. The van der Waals surface area contributed by atoms with E-state index in [0.717, 1.165) is 16.9 Å². The molecule has 180 valence electrons. The second-order valence-electron chi connectivity index (χ2n) is 8.78. The van der Waals surface area contributed by atoms with E-state index in [4.69, 9.17) is 4.11 Å². The molecule has 1 aliphatic heterocycles. The first kappa shape index (κ1) is 19.8. The number of amides is 1. The van der Waals surface area contributed by atoms with Gasteiger partial charge in [0.25, 0.3) is 5.91 Å². The zero-order valence-corrected chi connectivity index (χ0v) is 19.9. The molecule has 1 fully saturated rings. The molecule has 1 aliphatic rings. The van der Waals surface area contributed by atoms with Gasteiger partial charge in [-0.1, -0.05) is 6.07 Å². The molecule has 0 unspecified atom stereocenters. The molecule has 3 heterocycles. The summed E-state index contributed by atoms with van der Waals surface area (Å²) >= 11 is 1.13. The summed E-state index contributed by atoms with van der Waals surface area (Å²) < 4.78 is 52.5. The van der Waals surface area contributed by atoms with Crippen LogP contribution in [0.5, 0.6) is 0 Å². The Balaban J connectivity index is 1.34. The molecule has 1 saturated heterocycles. The number of likely N-dealkylation sites (tertiary alicyclic amines) is 1. The van der Waals surface area contributed by atoms with Crippen molar-refractivity contribution in [3.63, 3.8) is 0 Å². The van der Waals surface area contributed by atoms with Gasteiger partial charge in [-0.05, 0) is 62.8 Å². The smallest absolute Gasteiger partial charge is 0.284 e. The Hall–Kier alpha value is -3.43. The zero-order valence-electron chi connectivity index (χ0n) is 22.1. The lowest BCUT2D eigenvalue weighted by Crippen LogP contribution is -2.41. The van der Waals surface area contributed by atoms with Crippen molar-refractivity contribution in [1.29, 1.82) is 0 Å². The van der Waals surface area contributed by atoms with Crippen molar-refractivity contribution in [2.45, 2.75) is 25.8 Å². The molecule has 5 rings (SSSR count). The molecule has 2 aromatic carbocycles. The van der Waals surface area contributed by atoms with Crippen LogP contribution in [0.4, 0.5) is 14.5 Å². The molecule has 0 saturated carbocycles. The van der Waals surface area contributed by atoms with E-state index >= 15 is 0 Å². The van der Waals surface area contributed by atoms with E-state index in [1.54, 1.807) is 29.9 Å². The van der Waals surface area contributed by atoms with Crippen LogP contribution < -0.4 is 5.32 Å². The monoisotopic (exact) mass is 496 g/mol. The number of benzene rings is 2. The Bertz CT molecular complexity index is 1480. The number of thiazole rings is 1. The highest BCUT2D eigenvalue weighted by Crippen LogP contribution is 2.34. The van der Waals surface area contributed by atoms with Gasteiger partial charge in [0.15, 0.2) is 5.01 Å². The Labute approximate surface area is 210 Å². The largest absolute Gasteiger partial charge is 0.326 e. The van der Waals surface area contributed by atoms with Crippen molar-refractivity contribution in [3.05, 3.63) is 76.4 Å². The molecule has 0 atom stereocenters. The number of hydrogen-bond donors (Lipinski definition) is 1. The fourth-order valence-corrected chi connectivity index (χ4v) is 4.76. The first-order chi connectivity index (χ1) is 18.0. The highest BCUT2D eigenvalue weighted by Gasteiger charge is 2.26. The van der Waals surface area contributed by atoms with Crippen LogP contribution in [0.3, 0.4) is 0 Å². The van der Waals surface area contributed by atoms with E-state index in [0.29, 0.717) is 35.7 Å². The van der Waals surface area contributed by atoms with E-state index in [1.807, 2.05) is 18.4 Å². The lowest BCUT2D eigenvalue weighted by atomic mass is 9.92. The lowest BCUT2D eigenvalue weighted by Gasteiger charge is -2.36. The van der Waals surface area contributed by atoms with Crippen LogP contribution in [0.1, 0.15) is 45.3 Å². The van der Waals surface area contributed by atoms with Crippen LogP contribution >= 0.6 is 11.3 Å². The van der Waals surface area contributed by atoms with Gasteiger partial charge in [-0.15, -0.1) is 11.3 Å². The summed E-state index contributed by atoms with van der Waals surface area (Å²) in [6.07, 6.45) is 1.69. The molecule has 6 nitrogen and oxygen atoms in total. The summed E-state index contributed by atoms with van der Waals surface area (Å²) in [5.41, 5.74) is 3.27. The van der Waals surface area contributed by atoms with Crippen molar-refractivity contribution in [2.24, 2.45) is 0 Å². The van der Waals surface area contributed by atoms with Gasteiger partial charge in [0.05, 0.1) is 23.4 Å². The number of nitrogens with one attached hydrogen (secondary N) is 1. The highest BCUT2D eigenvalue weighted by atomic mass is 32.1. The first-order valence-corrected chi connectivity index (χ1v) is 12.0. The van der Waals surface area contributed by atoms with Crippen LogP contribution in [0.25, 0.3) is 22.6 Å². The van der Waals surface area contributed by atoms with Crippen LogP contribution in [0.15, 0.2) is 54.2 Å². The number of halogens is 2. The zero-order chi connectivity index (χ0) is 27.2.